The summed E-state index contributed by atoms with van der Waals surface area (Å²) in [6.45, 7) is 0. The number of benzene rings is 2. The summed E-state index contributed by atoms with van der Waals surface area (Å²) >= 11 is 18.3. The van der Waals surface area contributed by atoms with Crippen LogP contribution in [0.25, 0.3) is 0 Å². The molecule has 0 aromatic heterocycles. The molecule has 0 amide bonds. The van der Waals surface area contributed by atoms with Crippen LogP contribution in [0.2, 0.25) is 0 Å². The SMILES string of the molecule is ClCC(CCl)(Cc1ccc(I)cc1)c1ccc(Br)cc1. The predicted octanol–water partition coefficient (Wildman–Crippen LogP) is 6.01. The van der Waals surface area contributed by atoms with E-state index in [1.807, 2.05) is 12.1 Å². The van der Waals surface area contributed by atoms with E-state index in [2.05, 4.69) is 74.9 Å². The van der Waals surface area contributed by atoms with Crippen molar-refractivity contribution < 1.29 is 0 Å². The second kappa shape index (κ2) is 7.48. The van der Waals surface area contributed by atoms with Gasteiger partial charge in [0, 0.05) is 25.2 Å². The number of halogens is 4. The molecule has 0 aliphatic rings. The summed E-state index contributed by atoms with van der Waals surface area (Å²) in [6.07, 6.45) is 0.846. The van der Waals surface area contributed by atoms with Crippen molar-refractivity contribution in [2.45, 2.75) is 11.8 Å². The maximum atomic E-state index is 6.28. The quantitative estimate of drug-likeness (QED) is 0.361. The van der Waals surface area contributed by atoms with Crippen molar-refractivity contribution in [3.8, 4) is 0 Å². The van der Waals surface area contributed by atoms with E-state index in [0.29, 0.717) is 11.8 Å². The molecule has 20 heavy (non-hydrogen) atoms. The van der Waals surface area contributed by atoms with Crippen molar-refractivity contribution in [1.29, 1.82) is 0 Å². The molecule has 0 radical (unpaired) electrons. The second-order valence-electron chi connectivity index (χ2n) is 4.86. The summed E-state index contributed by atoms with van der Waals surface area (Å²) in [6, 6.07) is 16.8. The highest BCUT2D eigenvalue weighted by molar-refractivity contribution is 14.1. The lowest BCUT2D eigenvalue weighted by atomic mass is 9.79. The Balaban J connectivity index is 2.33. The molecule has 0 aliphatic heterocycles. The lowest BCUT2D eigenvalue weighted by Gasteiger charge is -2.30. The van der Waals surface area contributed by atoms with Crippen LogP contribution in [-0.2, 0) is 11.8 Å². The van der Waals surface area contributed by atoms with Crippen molar-refractivity contribution in [3.63, 3.8) is 0 Å². The molecule has 0 N–H and O–H groups in total. The van der Waals surface area contributed by atoms with E-state index >= 15 is 0 Å². The van der Waals surface area contributed by atoms with Crippen LogP contribution in [0.4, 0.5) is 0 Å². The van der Waals surface area contributed by atoms with Crippen LogP contribution in [0, 0.1) is 3.57 Å². The van der Waals surface area contributed by atoms with Gasteiger partial charge >= 0.3 is 0 Å². The molecule has 2 aromatic rings. The molecule has 4 heteroatoms. The van der Waals surface area contributed by atoms with Crippen LogP contribution in [0.1, 0.15) is 11.1 Å². The van der Waals surface area contributed by atoms with Crippen molar-refractivity contribution in [1.82, 2.24) is 0 Å². The van der Waals surface area contributed by atoms with E-state index in [4.69, 9.17) is 23.2 Å². The van der Waals surface area contributed by atoms with Gasteiger partial charge in [-0.3, -0.25) is 0 Å². The molecule has 0 bridgehead atoms. The van der Waals surface area contributed by atoms with Gasteiger partial charge in [-0.05, 0) is 64.4 Å². The van der Waals surface area contributed by atoms with E-state index < -0.39 is 0 Å². The monoisotopic (exact) mass is 482 g/mol. The van der Waals surface area contributed by atoms with Crippen molar-refractivity contribution in [2.24, 2.45) is 0 Å². The minimum atomic E-state index is -0.226. The molecule has 0 aliphatic carbocycles. The lowest BCUT2D eigenvalue weighted by molar-refractivity contribution is 0.536. The average Bonchev–Trinajstić information content (AvgIpc) is 2.48. The molecule has 2 aromatic carbocycles. The molecule has 106 valence electrons. The Bertz CT molecular complexity index is 548. The zero-order valence-corrected chi connectivity index (χ0v) is 16.0. The van der Waals surface area contributed by atoms with E-state index in [9.17, 15) is 0 Å². The van der Waals surface area contributed by atoms with Crippen molar-refractivity contribution >= 4 is 61.7 Å². The van der Waals surface area contributed by atoms with Gasteiger partial charge in [-0.2, -0.15) is 0 Å². The van der Waals surface area contributed by atoms with Gasteiger partial charge in [0.25, 0.3) is 0 Å². The largest absolute Gasteiger partial charge is 0.126 e. The number of hydrogen-bond acceptors (Lipinski definition) is 0. The smallest absolute Gasteiger partial charge is 0.0335 e. The molecular formula is C16H14BrCl2I. The van der Waals surface area contributed by atoms with Gasteiger partial charge in [0.05, 0.1) is 0 Å². The highest BCUT2D eigenvalue weighted by atomic mass is 127. The molecular weight excluding hydrogens is 470 g/mol. The summed E-state index contributed by atoms with van der Waals surface area (Å²) < 4.78 is 2.30. The Kier molecular flexibility index (Phi) is 6.21. The topological polar surface area (TPSA) is 0 Å². The van der Waals surface area contributed by atoms with Gasteiger partial charge in [-0.25, -0.2) is 0 Å². The molecule has 0 saturated heterocycles. The Morgan fingerprint density at radius 1 is 0.900 bits per heavy atom. The third kappa shape index (κ3) is 3.90. The maximum absolute atomic E-state index is 6.28. The third-order valence-corrected chi connectivity index (χ3v) is 5.69. The molecule has 0 spiro atoms. The second-order valence-corrected chi connectivity index (χ2v) is 7.55. The molecule has 0 nitrogen and oxygen atoms in total. The fraction of sp³-hybridized carbons (Fsp3) is 0.250. The molecule has 0 unspecified atom stereocenters. The number of hydrogen-bond donors (Lipinski definition) is 0. The minimum absolute atomic E-state index is 0.226. The Morgan fingerprint density at radius 3 is 1.95 bits per heavy atom. The molecule has 0 saturated carbocycles. The summed E-state index contributed by atoms with van der Waals surface area (Å²) in [7, 11) is 0. The van der Waals surface area contributed by atoms with Gasteiger partial charge in [0.1, 0.15) is 0 Å². The van der Waals surface area contributed by atoms with Gasteiger partial charge in [0.2, 0.25) is 0 Å². The van der Waals surface area contributed by atoms with E-state index in [0.717, 1.165) is 10.9 Å². The average molecular weight is 484 g/mol. The van der Waals surface area contributed by atoms with E-state index in [1.54, 1.807) is 0 Å². The van der Waals surface area contributed by atoms with Crippen LogP contribution >= 0.6 is 61.7 Å². The predicted molar refractivity (Wildman–Crippen MR) is 100 cm³/mol. The van der Waals surface area contributed by atoms with Crippen LogP contribution in [-0.4, -0.2) is 11.8 Å². The highest BCUT2D eigenvalue weighted by Crippen LogP contribution is 2.32. The van der Waals surface area contributed by atoms with Crippen LogP contribution in [0.15, 0.2) is 53.0 Å². The van der Waals surface area contributed by atoms with Crippen LogP contribution < -0.4 is 0 Å². The third-order valence-electron chi connectivity index (χ3n) is 3.42. The molecule has 0 fully saturated rings. The Labute approximate surface area is 152 Å². The summed E-state index contributed by atoms with van der Waals surface area (Å²) in [5.74, 6) is 1.01. The number of rotatable bonds is 5. The Morgan fingerprint density at radius 2 is 1.45 bits per heavy atom. The molecule has 2 rings (SSSR count). The van der Waals surface area contributed by atoms with Gasteiger partial charge in [0.15, 0.2) is 0 Å². The maximum Gasteiger partial charge on any atom is 0.0335 e. The first-order valence-electron chi connectivity index (χ1n) is 6.22. The fourth-order valence-corrected chi connectivity index (χ4v) is 3.59. The highest BCUT2D eigenvalue weighted by Gasteiger charge is 2.31. The first-order valence-corrected chi connectivity index (χ1v) is 9.16. The standard InChI is InChI=1S/C16H14BrCl2I/c17-14-5-3-13(4-6-14)16(10-18,11-19)9-12-1-7-15(20)8-2-12/h1-8H,9-11H2. The zero-order chi connectivity index (χ0) is 14.6. The fourth-order valence-electron chi connectivity index (χ4n) is 2.18. The van der Waals surface area contributed by atoms with Gasteiger partial charge < -0.3 is 0 Å². The van der Waals surface area contributed by atoms with Gasteiger partial charge in [-0.1, -0.05) is 40.2 Å². The van der Waals surface area contributed by atoms with Crippen molar-refractivity contribution in [3.05, 3.63) is 67.7 Å². The molecule has 0 heterocycles. The normalized spacial score (nSPS) is 11.6. The first-order chi connectivity index (χ1) is 9.59. The lowest BCUT2D eigenvalue weighted by Crippen LogP contribution is -2.33. The van der Waals surface area contributed by atoms with E-state index in [1.165, 1.54) is 14.7 Å². The first kappa shape index (κ1) is 16.6. The number of alkyl halides is 2. The van der Waals surface area contributed by atoms with Gasteiger partial charge in [-0.15, -0.1) is 23.2 Å². The molecule has 0 atom stereocenters. The summed E-state index contributed by atoms with van der Waals surface area (Å²) in [5.41, 5.74) is 2.22. The zero-order valence-electron chi connectivity index (χ0n) is 10.8. The van der Waals surface area contributed by atoms with E-state index in [-0.39, 0.29) is 5.41 Å². The van der Waals surface area contributed by atoms with Crippen LogP contribution in [0.5, 0.6) is 0 Å². The Hall–Kier alpha value is 0.230. The minimum Gasteiger partial charge on any atom is -0.126 e. The van der Waals surface area contributed by atoms with Crippen LogP contribution in [0.3, 0.4) is 0 Å². The van der Waals surface area contributed by atoms with Crippen molar-refractivity contribution in [2.75, 3.05) is 11.8 Å². The summed E-state index contributed by atoms with van der Waals surface area (Å²) in [5, 5.41) is 0. The summed E-state index contributed by atoms with van der Waals surface area (Å²) in [4.78, 5) is 0.